The molecule has 0 aliphatic carbocycles. The summed E-state index contributed by atoms with van der Waals surface area (Å²) in [6.07, 6.45) is 1.68. The number of nitrogens with one attached hydrogen (secondary N) is 1. The number of benzene rings is 1. The topological polar surface area (TPSA) is 25.2 Å². The van der Waals surface area contributed by atoms with Gasteiger partial charge >= 0.3 is 0 Å². The number of rotatable bonds is 4. The Morgan fingerprint density at radius 1 is 1.12 bits per heavy atom. The van der Waals surface area contributed by atoms with Crippen LogP contribution in [0, 0.1) is 0 Å². The van der Waals surface area contributed by atoms with Gasteiger partial charge < -0.3 is 9.73 Å². The lowest BCUT2D eigenvalue weighted by molar-refractivity contribution is 0.483. The van der Waals surface area contributed by atoms with E-state index in [0.717, 1.165) is 23.9 Å². The van der Waals surface area contributed by atoms with Gasteiger partial charge in [0.1, 0.15) is 5.76 Å². The molecule has 1 heterocycles. The molecule has 0 saturated carbocycles. The van der Waals surface area contributed by atoms with Crippen LogP contribution >= 0.6 is 24.0 Å². The van der Waals surface area contributed by atoms with Crippen LogP contribution in [0.15, 0.2) is 47.1 Å². The maximum atomic E-state index is 5.88. The van der Waals surface area contributed by atoms with Crippen molar-refractivity contribution in [2.24, 2.45) is 0 Å². The van der Waals surface area contributed by atoms with Gasteiger partial charge in [-0.2, -0.15) is 0 Å². The predicted molar refractivity (Wildman–Crippen MR) is 68.0 cm³/mol. The van der Waals surface area contributed by atoms with Crippen LogP contribution in [0.2, 0.25) is 5.02 Å². The fourth-order valence-corrected chi connectivity index (χ4v) is 1.60. The van der Waals surface area contributed by atoms with Gasteiger partial charge in [0.05, 0.1) is 12.8 Å². The Hall–Kier alpha value is -0.960. The van der Waals surface area contributed by atoms with E-state index in [1.807, 2.05) is 36.4 Å². The predicted octanol–water partition coefficient (Wildman–Crippen LogP) is 3.64. The smallest absolute Gasteiger partial charge is 0.117 e. The van der Waals surface area contributed by atoms with E-state index < -0.39 is 0 Å². The summed E-state index contributed by atoms with van der Waals surface area (Å²) in [7, 11) is 0. The van der Waals surface area contributed by atoms with E-state index in [1.54, 1.807) is 6.26 Å². The van der Waals surface area contributed by atoms with E-state index in [4.69, 9.17) is 16.0 Å². The molecule has 0 spiro atoms. The molecule has 0 saturated heterocycles. The van der Waals surface area contributed by atoms with Crippen LogP contribution in [0.4, 0.5) is 0 Å². The summed E-state index contributed by atoms with van der Waals surface area (Å²) in [5.41, 5.74) is 1.18. The van der Waals surface area contributed by atoms with Crippen molar-refractivity contribution in [2.75, 3.05) is 0 Å². The average molecular weight is 258 g/mol. The molecule has 0 fully saturated rings. The minimum atomic E-state index is 0. The Balaban J connectivity index is 0.00000128. The third kappa shape index (κ3) is 3.89. The molecule has 1 aromatic carbocycles. The number of hydrogen-bond donors (Lipinski definition) is 1. The summed E-state index contributed by atoms with van der Waals surface area (Å²) in [4.78, 5) is 0. The summed E-state index contributed by atoms with van der Waals surface area (Å²) in [6, 6.07) is 11.7. The second-order valence-electron chi connectivity index (χ2n) is 3.31. The monoisotopic (exact) mass is 257 g/mol. The first kappa shape index (κ1) is 13.1. The highest BCUT2D eigenvalue weighted by Crippen LogP contribution is 2.10. The van der Waals surface area contributed by atoms with Crippen LogP contribution in [-0.2, 0) is 13.1 Å². The summed E-state index contributed by atoms with van der Waals surface area (Å²) >= 11 is 5.88. The van der Waals surface area contributed by atoms with Crippen LogP contribution < -0.4 is 5.32 Å². The number of hydrogen-bond acceptors (Lipinski definition) is 2. The minimum absolute atomic E-state index is 0. The maximum absolute atomic E-state index is 5.88. The van der Waals surface area contributed by atoms with Gasteiger partial charge in [0, 0.05) is 11.6 Å². The fraction of sp³-hybridized carbons (Fsp3) is 0.167. The van der Waals surface area contributed by atoms with Crippen molar-refractivity contribution in [3.8, 4) is 0 Å². The van der Waals surface area contributed by atoms with Gasteiger partial charge in [-0.3, -0.25) is 0 Å². The molecule has 86 valence electrons. The summed E-state index contributed by atoms with van der Waals surface area (Å²) in [5, 5.41) is 4.05. The molecule has 1 N–H and O–H groups in total. The van der Waals surface area contributed by atoms with Gasteiger partial charge in [-0.1, -0.05) is 23.7 Å². The van der Waals surface area contributed by atoms with Crippen molar-refractivity contribution < 1.29 is 4.42 Å². The number of halogens is 2. The van der Waals surface area contributed by atoms with Crippen molar-refractivity contribution in [3.05, 3.63) is 59.0 Å². The molecule has 0 aliphatic rings. The van der Waals surface area contributed by atoms with Gasteiger partial charge in [-0.05, 0) is 29.8 Å². The molecule has 16 heavy (non-hydrogen) atoms. The lowest BCUT2D eigenvalue weighted by Crippen LogP contribution is -2.11. The molecular formula is C12H13Cl2NO. The van der Waals surface area contributed by atoms with E-state index in [0.29, 0.717) is 0 Å². The molecule has 0 bridgehead atoms. The van der Waals surface area contributed by atoms with Crippen molar-refractivity contribution in [2.45, 2.75) is 13.1 Å². The molecule has 2 nitrogen and oxygen atoms in total. The van der Waals surface area contributed by atoms with Gasteiger partial charge in [0.25, 0.3) is 0 Å². The van der Waals surface area contributed by atoms with Crippen molar-refractivity contribution in [3.63, 3.8) is 0 Å². The second-order valence-corrected chi connectivity index (χ2v) is 3.75. The fourth-order valence-electron chi connectivity index (χ4n) is 1.39. The third-order valence-corrected chi connectivity index (χ3v) is 2.33. The Labute approximate surface area is 106 Å². The Kier molecular flexibility index (Phi) is 5.39. The van der Waals surface area contributed by atoms with Crippen molar-refractivity contribution >= 4 is 24.0 Å². The Morgan fingerprint density at radius 3 is 2.69 bits per heavy atom. The minimum Gasteiger partial charge on any atom is -0.468 e. The van der Waals surface area contributed by atoms with Gasteiger partial charge in [-0.25, -0.2) is 0 Å². The Bertz CT molecular complexity index is 415. The molecular weight excluding hydrogens is 245 g/mol. The van der Waals surface area contributed by atoms with Gasteiger partial charge in [0.2, 0.25) is 0 Å². The highest BCUT2D eigenvalue weighted by molar-refractivity contribution is 6.30. The first-order chi connectivity index (χ1) is 7.34. The van der Waals surface area contributed by atoms with Crippen LogP contribution in [0.3, 0.4) is 0 Å². The lowest BCUT2D eigenvalue weighted by Gasteiger charge is -2.03. The van der Waals surface area contributed by atoms with Crippen LogP contribution in [0.1, 0.15) is 11.3 Å². The van der Waals surface area contributed by atoms with Crippen molar-refractivity contribution in [1.82, 2.24) is 5.32 Å². The molecule has 0 unspecified atom stereocenters. The Morgan fingerprint density at radius 2 is 2.00 bits per heavy atom. The summed E-state index contributed by atoms with van der Waals surface area (Å²) in [6.45, 7) is 1.53. The number of furan rings is 1. The molecule has 0 radical (unpaired) electrons. The van der Waals surface area contributed by atoms with E-state index in [9.17, 15) is 0 Å². The molecule has 0 atom stereocenters. The summed E-state index contributed by atoms with van der Waals surface area (Å²) < 4.78 is 5.21. The molecule has 4 heteroatoms. The highest BCUT2D eigenvalue weighted by Gasteiger charge is 1.96. The highest BCUT2D eigenvalue weighted by atomic mass is 35.5. The van der Waals surface area contributed by atoms with Crippen LogP contribution in [0.25, 0.3) is 0 Å². The molecule has 0 amide bonds. The maximum Gasteiger partial charge on any atom is 0.117 e. The first-order valence-electron chi connectivity index (χ1n) is 4.82. The van der Waals surface area contributed by atoms with E-state index >= 15 is 0 Å². The van der Waals surface area contributed by atoms with E-state index in [-0.39, 0.29) is 12.4 Å². The van der Waals surface area contributed by atoms with E-state index in [1.165, 1.54) is 5.56 Å². The lowest BCUT2D eigenvalue weighted by atomic mass is 10.2. The zero-order valence-electron chi connectivity index (χ0n) is 8.65. The third-order valence-electron chi connectivity index (χ3n) is 2.10. The normalized spacial score (nSPS) is 9.81. The molecule has 1 aromatic heterocycles. The van der Waals surface area contributed by atoms with Crippen LogP contribution in [0.5, 0.6) is 0 Å². The largest absolute Gasteiger partial charge is 0.468 e. The first-order valence-corrected chi connectivity index (χ1v) is 5.20. The SMILES string of the molecule is Cl.Clc1cccc(CNCc2ccco2)c1. The van der Waals surface area contributed by atoms with E-state index in [2.05, 4.69) is 5.32 Å². The summed E-state index contributed by atoms with van der Waals surface area (Å²) in [5.74, 6) is 0.942. The quantitative estimate of drug-likeness (QED) is 0.905. The average Bonchev–Trinajstić information content (AvgIpc) is 2.71. The van der Waals surface area contributed by atoms with Crippen molar-refractivity contribution in [1.29, 1.82) is 0 Å². The zero-order chi connectivity index (χ0) is 10.5. The molecule has 2 aromatic rings. The molecule has 2 rings (SSSR count). The van der Waals surface area contributed by atoms with Gasteiger partial charge in [-0.15, -0.1) is 12.4 Å². The second kappa shape index (κ2) is 6.59. The van der Waals surface area contributed by atoms with Crippen LogP contribution in [-0.4, -0.2) is 0 Å². The molecule has 0 aliphatic heterocycles. The zero-order valence-corrected chi connectivity index (χ0v) is 10.2. The van der Waals surface area contributed by atoms with Gasteiger partial charge in [0.15, 0.2) is 0 Å². The standard InChI is InChI=1S/C12H12ClNO.ClH/c13-11-4-1-3-10(7-11)8-14-9-12-5-2-6-15-12;/h1-7,14H,8-9H2;1H.